The molecule has 3 heterocycles. The summed E-state index contributed by atoms with van der Waals surface area (Å²) in [4.78, 5) is 6.87. The van der Waals surface area contributed by atoms with Gasteiger partial charge >= 0.3 is 0 Å². The van der Waals surface area contributed by atoms with Gasteiger partial charge in [-0.2, -0.15) is 5.26 Å². The first-order valence-electron chi connectivity index (χ1n) is 8.32. The first kappa shape index (κ1) is 14.8. The average Bonchev–Trinajstić information content (AvgIpc) is 2.87. The van der Waals surface area contributed by atoms with Crippen molar-refractivity contribution in [2.45, 2.75) is 33.4 Å². The Bertz CT molecular complexity index is 962. The van der Waals surface area contributed by atoms with E-state index in [9.17, 15) is 5.26 Å². The van der Waals surface area contributed by atoms with E-state index in [4.69, 9.17) is 0 Å². The first-order chi connectivity index (χ1) is 11.7. The van der Waals surface area contributed by atoms with Gasteiger partial charge in [-0.3, -0.25) is 4.98 Å². The number of aromatic nitrogens is 2. The molecule has 0 spiro atoms. The molecule has 120 valence electrons. The number of hydrogen-bond donors (Lipinski definition) is 0. The number of pyridine rings is 1. The highest BCUT2D eigenvalue weighted by Gasteiger charge is 2.21. The van der Waals surface area contributed by atoms with Crippen molar-refractivity contribution in [3.63, 3.8) is 0 Å². The third-order valence-electron chi connectivity index (χ3n) is 5.22. The van der Waals surface area contributed by atoms with E-state index in [2.05, 4.69) is 58.6 Å². The predicted molar refractivity (Wildman–Crippen MR) is 96.0 cm³/mol. The molecular formula is C20H20N4. The molecule has 0 atom stereocenters. The molecule has 1 aromatic carbocycles. The van der Waals surface area contributed by atoms with Gasteiger partial charge in [0.25, 0.3) is 0 Å². The van der Waals surface area contributed by atoms with Gasteiger partial charge in [-0.05, 0) is 37.0 Å². The summed E-state index contributed by atoms with van der Waals surface area (Å²) in [5.74, 6) is 0. The van der Waals surface area contributed by atoms with Crippen molar-refractivity contribution in [1.82, 2.24) is 9.55 Å². The minimum absolute atomic E-state index is 0.373. The normalized spacial score (nSPS) is 13.8. The summed E-state index contributed by atoms with van der Waals surface area (Å²) in [5, 5.41) is 10.4. The summed E-state index contributed by atoms with van der Waals surface area (Å²) in [7, 11) is 0. The zero-order valence-corrected chi connectivity index (χ0v) is 14.1. The van der Waals surface area contributed by atoms with Crippen LogP contribution in [-0.4, -0.2) is 16.1 Å². The summed E-state index contributed by atoms with van der Waals surface area (Å²) in [6.45, 7) is 6.45. The Hall–Kier alpha value is -2.80. The molecule has 0 radical (unpaired) electrons. The third kappa shape index (κ3) is 2.16. The first-order valence-corrected chi connectivity index (χ1v) is 8.32. The standard InChI is InChI=1S/C20H20N4/c1-14-15(2)24(10-8-21)20-18(14)11-22-12-19(20)23-9-7-16-5-3-4-6-17(16)13-23/h3-6,11-12H,7,9-10,13H2,1-2H3. The Morgan fingerprint density at radius 1 is 1.17 bits per heavy atom. The van der Waals surface area contributed by atoms with Crippen LogP contribution in [0.25, 0.3) is 10.9 Å². The molecular weight excluding hydrogens is 296 g/mol. The van der Waals surface area contributed by atoms with Gasteiger partial charge in [-0.25, -0.2) is 0 Å². The number of hydrogen-bond acceptors (Lipinski definition) is 3. The van der Waals surface area contributed by atoms with E-state index in [1.54, 1.807) is 0 Å². The van der Waals surface area contributed by atoms with Crippen LogP contribution >= 0.6 is 0 Å². The lowest BCUT2D eigenvalue weighted by atomic mass is 9.99. The highest BCUT2D eigenvalue weighted by atomic mass is 15.2. The molecule has 2 aromatic heterocycles. The molecule has 4 rings (SSSR count). The molecule has 0 saturated heterocycles. The molecule has 0 unspecified atom stereocenters. The van der Waals surface area contributed by atoms with Gasteiger partial charge in [0.05, 0.1) is 23.5 Å². The van der Waals surface area contributed by atoms with Crippen molar-refractivity contribution in [2.75, 3.05) is 11.4 Å². The second kappa shape index (κ2) is 5.68. The smallest absolute Gasteiger partial charge is 0.110 e. The number of aryl methyl sites for hydroxylation is 1. The SMILES string of the molecule is Cc1c(C)n(CC#N)c2c(N3CCc4ccccc4C3)cncc12. The monoisotopic (exact) mass is 316 g/mol. The Morgan fingerprint density at radius 2 is 1.96 bits per heavy atom. The summed E-state index contributed by atoms with van der Waals surface area (Å²) >= 11 is 0. The van der Waals surface area contributed by atoms with Gasteiger partial charge in [0.1, 0.15) is 6.54 Å². The summed E-state index contributed by atoms with van der Waals surface area (Å²) in [6, 6.07) is 10.9. The number of anilines is 1. The van der Waals surface area contributed by atoms with Crippen molar-refractivity contribution in [3.05, 3.63) is 59.0 Å². The number of nitriles is 1. The van der Waals surface area contributed by atoms with E-state index in [0.717, 1.165) is 41.8 Å². The molecule has 4 heteroatoms. The lowest BCUT2D eigenvalue weighted by molar-refractivity contribution is 0.728. The lowest BCUT2D eigenvalue weighted by Gasteiger charge is -2.31. The maximum Gasteiger partial charge on any atom is 0.110 e. The fourth-order valence-electron chi connectivity index (χ4n) is 3.77. The average molecular weight is 316 g/mol. The van der Waals surface area contributed by atoms with Crippen LogP contribution in [-0.2, 0) is 19.5 Å². The van der Waals surface area contributed by atoms with Crippen LogP contribution < -0.4 is 4.90 Å². The minimum atomic E-state index is 0.373. The van der Waals surface area contributed by atoms with Crippen LogP contribution in [0.1, 0.15) is 22.4 Å². The van der Waals surface area contributed by atoms with E-state index >= 15 is 0 Å². The molecule has 0 amide bonds. The molecule has 0 aliphatic carbocycles. The van der Waals surface area contributed by atoms with E-state index in [1.807, 2.05) is 12.4 Å². The largest absolute Gasteiger partial charge is 0.364 e. The number of rotatable bonds is 2. The van der Waals surface area contributed by atoms with Crippen LogP contribution in [0.4, 0.5) is 5.69 Å². The highest BCUT2D eigenvalue weighted by molar-refractivity contribution is 5.94. The quantitative estimate of drug-likeness (QED) is 0.723. The van der Waals surface area contributed by atoms with Gasteiger partial charge in [-0.15, -0.1) is 0 Å². The third-order valence-corrected chi connectivity index (χ3v) is 5.22. The Kier molecular flexibility index (Phi) is 3.50. The molecule has 4 nitrogen and oxygen atoms in total. The number of benzene rings is 1. The maximum atomic E-state index is 9.24. The van der Waals surface area contributed by atoms with Crippen molar-refractivity contribution >= 4 is 16.6 Å². The number of nitrogens with zero attached hydrogens (tertiary/aromatic N) is 4. The van der Waals surface area contributed by atoms with Crippen LogP contribution in [0.5, 0.6) is 0 Å². The van der Waals surface area contributed by atoms with Gasteiger partial charge < -0.3 is 9.47 Å². The van der Waals surface area contributed by atoms with Crippen LogP contribution in [0.15, 0.2) is 36.7 Å². The van der Waals surface area contributed by atoms with Crippen LogP contribution in [0.3, 0.4) is 0 Å². The fraction of sp³-hybridized carbons (Fsp3) is 0.300. The van der Waals surface area contributed by atoms with Crippen molar-refractivity contribution < 1.29 is 0 Å². The predicted octanol–water partition coefficient (Wildman–Crippen LogP) is 3.74. The molecule has 24 heavy (non-hydrogen) atoms. The second-order valence-corrected chi connectivity index (χ2v) is 6.45. The Labute approximate surface area is 142 Å². The van der Waals surface area contributed by atoms with Crippen LogP contribution in [0.2, 0.25) is 0 Å². The van der Waals surface area contributed by atoms with Gasteiger partial charge in [0.15, 0.2) is 0 Å². The van der Waals surface area contributed by atoms with Crippen LogP contribution in [0, 0.1) is 25.2 Å². The molecule has 1 aliphatic rings. The molecule has 0 N–H and O–H groups in total. The van der Waals surface area contributed by atoms with E-state index < -0.39 is 0 Å². The van der Waals surface area contributed by atoms with Gasteiger partial charge in [0, 0.05) is 30.4 Å². The fourth-order valence-corrected chi connectivity index (χ4v) is 3.77. The highest BCUT2D eigenvalue weighted by Crippen LogP contribution is 2.34. The zero-order chi connectivity index (χ0) is 16.7. The number of fused-ring (bicyclic) bond motifs is 2. The molecule has 1 aliphatic heterocycles. The molecule has 3 aromatic rings. The Balaban J connectivity index is 1.86. The topological polar surface area (TPSA) is 44.9 Å². The summed E-state index contributed by atoms with van der Waals surface area (Å²) < 4.78 is 2.13. The maximum absolute atomic E-state index is 9.24. The van der Waals surface area contributed by atoms with E-state index in [-0.39, 0.29) is 0 Å². The van der Waals surface area contributed by atoms with E-state index in [1.165, 1.54) is 16.7 Å². The summed E-state index contributed by atoms with van der Waals surface area (Å²) in [6.07, 6.45) is 4.92. The van der Waals surface area contributed by atoms with Crippen molar-refractivity contribution in [2.24, 2.45) is 0 Å². The molecule has 0 saturated carbocycles. The second-order valence-electron chi connectivity index (χ2n) is 6.45. The molecule has 0 fully saturated rings. The minimum Gasteiger partial charge on any atom is -0.364 e. The van der Waals surface area contributed by atoms with Crippen molar-refractivity contribution in [1.29, 1.82) is 5.26 Å². The summed E-state index contributed by atoms with van der Waals surface area (Å²) in [5.41, 5.74) is 7.46. The van der Waals surface area contributed by atoms with Gasteiger partial charge in [0.2, 0.25) is 0 Å². The zero-order valence-electron chi connectivity index (χ0n) is 14.1. The molecule has 0 bridgehead atoms. The van der Waals surface area contributed by atoms with Crippen molar-refractivity contribution in [3.8, 4) is 6.07 Å². The lowest BCUT2D eigenvalue weighted by Crippen LogP contribution is -2.30. The van der Waals surface area contributed by atoms with Gasteiger partial charge in [-0.1, -0.05) is 24.3 Å². The Morgan fingerprint density at radius 3 is 2.75 bits per heavy atom. The van der Waals surface area contributed by atoms with E-state index in [0.29, 0.717) is 6.54 Å².